The smallest absolute Gasteiger partial charge is 0.412 e. The van der Waals surface area contributed by atoms with Gasteiger partial charge in [0.1, 0.15) is 0 Å². The predicted octanol–water partition coefficient (Wildman–Crippen LogP) is -5.22. The first-order valence-electron chi connectivity index (χ1n) is 0.463. The Morgan fingerprint density at radius 3 is 0.857 bits per heavy atom. The number of hydrogen-bond donors (Lipinski definition) is 0. The minimum atomic E-state index is -2.85. The van der Waals surface area contributed by atoms with Gasteiger partial charge in [0.15, 0.2) is 0 Å². The average Bonchev–Trinajstić information content (AvgIpc) is 0.811. The van der Waals surface area contributed by atoms with Gasteiger partial charge < -0.3 is 24.9 Å². The molecule has 0 saturated carbocycles. The Balaban J connectivity index is -0.0000000150. The summed E-state index contributed by atoms with van der Waals surface area (Å²) in [4.78, 5) is 0. The van der Waals surface area contributed by atoms with E-state index in [-0.39, 0.29) is 38.3 Å². The van der Waals surface area contributed by atoms with Gasteiger partial charge in [-0.1, -0.05) is 0 Å². The second kappa shape index (κ2) is 15.7. The summed E-state index contributed by atoms with van der Waals surface area (Å²) < 4.78 is 25.2. The molecule has 0 atom stereocenters. The fourth-order valence-corrected chi connectivity index (χ4v) is 0. The minimum Gasteiger partial charge on any atom is -0.412 e. The largest absolute Gasteiger partial charge is 2.00 e. The molecule has 0 bridgehead atoms. The summed E-state index contributed by atoms with van der Waals surface area (Å²) in [6.45, 7) is 0. The van der Waals surface area contributed by atoms with Crippen molar-refractivity contribution in [3.8, 4) is 0 Å². The molecule has 0 heterocycles. The van der Waals surface area contributed by atoms with Crippen LogP contribution < -0.4 is 14.0 Å². The predicted molar refractivity (Wildman–Crippen MR) is 7.23 cm³/mol. The van der Waals surface area contributed by atoms with Crippen LogP contribution in [0.5, 0.6) is 0 Å². The molecule has 42 valence electrons. The molecule has 0 spiro atoms. The fraction of sp³-hybridized carbons (Fsp3) is 0. The molecule has 0 fully saturated rings. The monoisotopic (exact) mass is 233 g/mol. The van der Waals surface area contributed by atoms with Crippen LogP contribution in [0.3, 0.4) is 0 Å². The Hall–Kier alpha value is 1.01. The third-order valence-corrected chi connectivity index (χ3v) is 0. The summed E-state index contributed by atoms with van der Waals surface area (Å²) >= 11 is 0. The quantitative estimate of drug-likeness (QED) is 0.386. The van der Waals surface area contributed by atoms with Crippen LogP contribution in [0.25, 0.3) is 0 Å². The normalized spacial score (nSPS) is 5.14. The zero-order valence-corrected chi connectivity index (χ0v) is 8.10. The zero-order chi connectivity index (χ0) is 3.58. The van der Waals surface area contributed by atoms with E-state index in [1.165, 1.54) is 0 Å². The SMILES string of the molecule is O.O.[Cd+2].[O-][Cl+2]([O-])[O-]. The molecule has 0 aliphatic carbocycles. The van der Waals surface area contributed by atoms with Crippen molar-refractivity contribution in [2.75, 3.05) is 0 Å². The molecule has 0 unspecified atom stereocenters. The van der Waals surface area contributed by atoms with Gasteiger partial charge in [0.25, 0.3) is 0 Å². The first-order chi connectivity index (χ1) is 1.73. The van der Waals surface area contributed by atoms with Crippen LogP contribution in [0.1, 0.15) is 0 Å². The van der Waals surface area contributed by atoms with Gasteiger partial charge in [0.2, 0.25) is 0 Å². The van der Waals surface area contributed by atoms with Crippen molar-refractivity contribution in [2.24, 2.45) is 0 Å². The van der Waals surface area contributed by atoms with Crippen LogP contribution in [0.4, 0.5) is 0 Å². The van der Waals surface area contributed by atoms with Crippen LogP contribution in [0.15, 0.2) is 0 Å². The van der Waals surface area contributed by atoms with Gasteiger partial charge in [-0.25, -0.2) is 0 Å². The van der Waals surface area contributed by atoms with E-state index in [0.717, 1.165) is 0 Å². The van der Waals surface area contributed by atoms with Crippen molar-refractivity contribution >= 4 is 0 Å². The summed E-state index contributed by atoms with van der Waals surface area (Å²) in [5, 5.41) is 0. The van der Waals surface area contributed by atoms with Gasteiger partial charge in [-0.05, 0) is 0 Å². The molecular weight excluding hydrogens is 228 g/mol. The van der Waals surface area contributed by atoms with Gasteiger partial charge in [-0.3, -0.25) is 0 Å². The maximum atomic E-state index is 8.41. The van der Waals surface area contributed by atoms with E-state index in [2.05, 4.69) is 0 Å². The Morgan fingerprint density at radius 1 is 0.857 bits per heavy atom. The van der Waals surface area contributed by atoms with Gasteiger partial charge in [0.05, 0.1) is 10.8 Å². The maximum absolute atomic E-state index is 8.41. The summed E-state index contributed by atoms with van der Waals surface area (Å²) in [6, 6.07) is 0. The van der Waals surface area contributed by atoms with E-state index in [1.54, 1.807) is 0 Å². The Labute approximate surface area is 63.1 Å². The zero-order valence-electron chi connectivity index (χ0n) is 3.31. The van der Waals surface area contributed by atoms with Crippen molar-refractivity contribution in [1.29, 1.82) is 0 Å². The summed E-state index contributed by atoms with van der Waals surface area (Å²) in [5.41, 5.74) is 0. The molecule has 0 aromatic heterocycles. The molecule has 5 nitrogen and oxygen atoms in total. The molecule has 0 saturated heterocycles. The molecule has 0 amide bonds. The number of halogens is 1. The van der Waals surface area contributed by atoms with Crippen molar-refractivity contribution in [3.05, 3.63) is 0 Å². The number of rotatable bonds is 0. The Morgan fingerprint density at radius 2 is 0.857 bits per heavy atom. The van der Waals surface area contributed by atoms with Crippen molar-refractivity contribution in [3.63, 3.8) is 0 Å². The van der Waals surface area contributed by atoms with Crippen LogP contribution in [-0.2, 0) is 27.3 Å². The van der Waals surface area contributed by atoms with Crippen LogP contribution in [0.2, 0.25) is 0 Å². The van der Waals surface area contributed by atoms with E-state index in [4.69, 9.17) is 14.0 Å². The van der Waals surface area contributed by atoms with E-state index < -0.39 is 10.8 Å². The molecule has 0 aromatic rings. The summed E-state index contributed by atoms with van der Waals surface area (Å²) in [5.74, 6) is 0. The summed E-state index contributed by atoms with van der Waals surface area (Å²) in [6.07, 6.45) is 0. The molecular formula is H4CdClO5+. The minimum absolute atomic E-state index is 0. The van der Waals surface area contributed by atoms with Crippen LogP contribution >= 0.6 is 0 Å². The molecule has 7 heavy (non-hydrogen) atoms. The maximum Gasteiger partial charge on any atom is 2.00 e. The third-order valence-electron chi connectivity index (χ3n) is 0. The molecule has 0 aliphatic heterocycles. The Kier molecular flexibility index (Phi) is 55.1. The second-order valence-electron chi connectivity index (χ2n) is 0.189. The first-order valence-corrected chi connectivity index (χ1v) is 1.39. The molecule has 0 radical (unpaired) electrons. The fourth-order valence-electron chi connectivity index (χ4n) is 0. The summed E-state index contributed by atoms with van der Waals surface area (Å²) in [7, 11) is -2.85. The van der Waals surface area contributed by atoms with Crippen molar-refractivity contribution in [2.45, 2.75) is 0 Å². The van der Waals surface area contributed by atoms with Crippen molar-refractivity contribution in [1.82, 2.24) is 0 Å². The first kappa shape index (κ1) is 24.5. The van der Waals surface area contributed by atoms with E-state index in [1.807, 2.05) is 0 Å². The molecule has 4 N–H and O–H groups in total. The molecule has 0 rings (SSSR count). The molecule has 0 aliphatic rings. The van der Waals surface area contributed by atoms with Gasteiger partial charge in [0, 0.05) is 0 Å². The van der Waals surface area contributed by atoms with Gasteiger partial charge in [-0.15, -0.1) is 0 Å². The molecule has 0 aromatic carbocycles. The van der Waals surface area contributed by atoms with Gasteiger partial charge >= 0.3 is 27.3 Å². The van der Waals surface area contributed by atoms with Crippen LogP contribution in [-0.4, -0.2) is 11.0 Å². The van der Waals surface area contributed by atoms with E-state index >= 15 is 0 Å². The second-order valence-corrected chi connectivity index (χ2v) is 0.567. The third kappa shape index (κ3) is 172. The number of hydrogen-bond acceptors (Lipinski definition) is 3. The van der Waals surface area contributed by atoms with Gasteiger partial charge in [-0.2, -0.15) is 0 Å². The standard InChI is InChI=1S/Cd.ClO3.2H2O/c;2-1(3)4;;/h;;2*1H2/q+2;-1;;. The Bertz CT molecular complexity index is 12.8. The van der Waals surface area contributed by atoms with E-state index in [9.17, 15) is 0 Å². The van der Waals surface area contributed by atoms with Crippen molar-refractivity contribution < 1.29 is 63.0 Å². The topological polar surface area (TPSA) is 132 Å². The van der Waals surface area contributed by atoms with E-state index in [0.29, 0.717) is 0 Å². The molecule has 7 heteroatoms. The average molecular weight is 232 g/mol. The van der Waals surface area contributed by atoms with Crippen LogP contribution in [0, 0.1) is 10.8 Å².